The molecule has 6 nitrogen and oxygen atoms in total. The van der Waals surface area contributed by atoms with Crippen LogP contribution in [0.4, 0.5) is 0 Å². The van der Waals surface area contributed by atoms with Gasteiger partial charge in [0, 0.05) is 4.57 Å². The summed E-state index contributed by atoms with van der Waals surface area (Å²) in [5.74, 6) is 0. The number of hydrogen-bond donors (Lipinski definition) is 2. The highest BCUT2D eigenvalue weighted by atomic mass is 32.2. The highest BCUT2D eigenvalue weighted by molar-refractivity contribution is 7.86. The van der Waals surface area contributed by atoms with Gasteiger partial charge in [-0.25, -0.2) is 0 Å². The third-order valence-corrected chi connectivity index (χ3v) is 2.82. The molecule has 0 saturated heterocycles. The predicted molar refractivity (Wildman–Crippen MR) is 57.4 cm³/mol. The SMILES string of the molecule is COS(=O)(=O)c1ccc(C)cc1.O=[P+](O)O. The quantitative estimate of drug-likeness (QED) is 0.611. The molecular formula is C8H12O6PS+. The van der Waals surface area contributed by atoms with E-state index in [1.807, 2.05) is 6.92 Å². The maximum absolute atomic E-state index is 11.1. The first-order chi connectivity index (χ1) is 7.29. The van der Waals surface area contributed by atoms with Crippen LogP contribution in [-0.2, 0) is 18.9 Å². The van der Waals surface area contributed by atoms with E-state index in [9.17, 15) is 8.42 Å². The van der Waals surface area contributed by atoms with Crippen molar-refractivity contribution in [1.82, 2.24) is 0 Å². The summed E-state index contributed by atoms with van der Waals surface area (Å²) in [7, 11) is -5.24. The van der Waals surface area contributed by atoms with Crippen LogP contribution in [0, 0.1) is 6.92 Å². The summed E-state index contributed by atoms with van der Waals surface area (Å²) in [6, 6.07) is 6.50. The van der Waals surface area contributed by atoms with Gasteiger partial charge in [0.05, 0.1) is 12.0 Å². The van der Waals surface area contributed by atoms with Gasteiger partial charge in [0.15, 0.2) is 0 Å². The Balaban J connectivity index is 0.000000487. The van der Waals surface area contributed by atoms with Crippen LogP contribution in [0.1, 0.15) is 5.56 Å². The van der Waals surface area contributed by atoms with Crippen molar-refractivity contribution in [3.05, 3.63) is 29.8 Å². The largest absolute Gasteiger partial charge is 0.692 e. The van der Waals surface area contributed by atoms with Gasteiger partial charge < -0.3 is 0 Å². The van der Waals surface area contributed by atoms with Crippen molar-refractivity contribution in [1.29, 1.82) is 0 Å². The zero-order chi connectivity index (χ0) is 12.8. The molecule has 0 aliphatic rings. The summed E-state index contributed by atoms with van der Waals surface area (Å²) in [5.41, 5.74) is 1.02. The summed E-state index contributed by atoms with van der Waals surface area (Å²) in [5, 5.41) is 0. The summed E-state index contributed by atoms with van der Waals surface area (Å²) in [6.07, 6.45) is 0. The van der Waals surface area contributed by atoms with Gasteiger partial charge in [-0.3, -0.25) is 4.18 Å². The lowest BCUT2D eigenvalue weighted by Crippen LogP contribution is -2.02. The van der Waals surface area contributed by atoms with Crippen LogP contribution < -0.4 is 0 Å². The number of hydrogen-bond acceptors (Lipinski definition) is 4. The van der Waals surface area contributed by atoms with Crippen LogP contribution in [-0.4, -0.2) is 25.3 Å². The third kappa shape index (κ3) is 5.89. The highest BCUT2D eigenvalue weighted by Crippen LogP contribution is 2.11. The van der Waals surface area contributed by atoms with E-state index in [0.29, 0.717) is 0 Å². The number of rotatable bonds is 2. The molecule has 0 fully saturated rings. The molecule has 90 valence electrons. The number of benzene rings is 1. The Morgan fingerprint density at radius 3 is 1.88 bits per heavy atom. The second-order valence-corrected chi connectivity index (χ2v) is 4.91. The Hall–Kier alpha value is -0.850. The van der Waals surface area contributed by atoms with E-state index >= 15 is 0 Å². The molecule has 0 aromatic heterocycles. The average Bonchev–Trinajstić information content (AvgIpc) is 2.17. The second kappa shape index (κ2) is 6.67. The zero-order valence-electron chi connectivity index (χ0n) is 8.69. The lowest BCUT2D eigenvalue weighted by atomic mass is 10.2. The Bertz CT molecular complexity index is 434. The molecule has 16 heavy (non-hydrogen) atoms. The summed E-state index contributed by atoms with van der Waals surface area (Å²) < 4.78 is 35.2. The van der Waals surface area contributed by atoms with Crippen molar-refractivity contribution < 1.29 is 27.0 Å². The molecule has 0 radical (unpaired) electrons. The smallest absolute Gasteiger partial charge is 0.270 e. The molecule has 8 heteroatoms. The van der Waals surface area contributed by atoms with E-state index in [4.69, 9.17) is 14.4 Å². The fraction of sp³-hybridized carbons (Fsp3) is 0.250. The van der Waals surface area contributed by atoms with Gasteiger partial charge in [-0.2, -0.15) is 8.42 Å². The average molecular weight is 267 g/mol. The molecule has 1 aromatic carbocycles. The van der Waals surface area contributed by atoms with Gasteiger partial charge in [-0.15, -0.1) is 9.79 Å². The Labute approximate surface area is 94.6 Å². The Kier molecular flexibility index (Phi) is 6.32. The molecule has 0 aliphatic carbocycles. The van der Waals surface area contributed by atoms with Crippen LogP contribution >= 0.6 is 8.25 Å². The normalized spacial score (nSPS) is 10.2. The number of aryl methyl sites for hydroxylation is 1. The lowest BCUT2D eigenvalue weighted by molar-refractivity contribution is 0.397. The fourth-order valence-corrected chi connectivity index (χ4v) is 1.46. The van der Waals surface area contributed by atoms with E-state index in [-0.39, 0.29) is 4.90 Å². The summed E-state index contributed by atoms with van der Waals surface area (Å²) in [6.45, 7) is 1.89. The molecule has 0 unspecified atom stereocenters. The van der Waals surface area contributed by atoms with Crippen molar-refractivity contribution in [2.75, 3.05) is 7.11 Å². The maximum Gasteiger partial charge on any atom is 0.692 e. The monoisotopic (exact) mass is 267 g/mol. The molecule has 2 N–H and O–H groups in total. The molecule has 0 aliphatic heterocycles. The van der Waals surface area contributed by atoms with Gasteiger partial charge in [-0.1, -0.05) is 17.7 Å². The van der Waals surface area contributed by atoms with Gasteiger partial charge in [0.2, 0.25) is 0 Å². The van der Waals surface area contributed by atoms with Crippen molar-refractivity contribution >= 4 is 18.4 Å². The molecule has 0 bridgehead atoms. The van der Waals surface area contributed by atoms with Crippen molar-refractivity contribution in [2.45, 2.75) is 11.8 Å². The third-order valence-electron chi connectivity index (χ3n) is 1.53. The van der Waals surface area contributed by atoms with Crippen LogP contribution in [0.15, 0.2) is 29.2 Å². The predicted octanol–water partition coefficient (Wildman–Crippen LogP) is 0.959. The minimum atomic E-state index is -3.51. The van der Waals surface area contributed by atoms with Crippen LogP contribution in [0.3, 0.4) is 0 Å². The van der Waals surface area contributed by atoms with E-state index in [2.05, 4.69) is 4.18 Å². The maximum atomic E-state index is 11.1. The molecule has 0 amide bonds. The first-order valence-corrected chi connectivity index (χ1v) is 6.59. The topological polar surface area (TPSA) is 101 Å². The van der Waals surface area contributed by atoms with E-state index < -0.39 is 18.4 Å². The van der Waals surface area contributed by atoms with Crippen molar-refractivity contribution in [3.8, 4) is 0 Å². The van der Waals surface area contributed by atoms with Crippen molar-refractivity contribution in [3.63, 3.8) is 0 Å². The van der Waals surface area contributed by atoms with Gasteiger partial charge in [0.1, 0.15) is 0 Å². The molecule has 0 spiro atoms. The zero-order valence-corrected chi connectivity index (χ0v) is 10.4. The molecule has 0 heterocycles. The first kappa shape index (κ1) is 15.2. The Morgan fingerprint density at radius 1 is 1.19 bits per heavy atom. The van der Waals surface area contributed by atoms with E-state index in [1.165, 1.54) is 12.1 Å². The summed E-state index contributed by atoms with van der Waals surface area (Å²) >= 11 is 0. The van der Waals surface area contributed by atoms with Crippen LogP contribution in [0.25, 0.3) is 0 Å². The molecule has 1 aromatic rings. The Morgan fingerprint density at radius 2 is 1.56 bits per heavy atom. The molecule has 1 rings (SSSR count). The second-order valence-electron chi connectivity index (χ2n) is 2.69. The fourth-order valence-electron chi connectivity index (χ4n) is 0.801. The minimum Gasteiger partial charge on any atom is -0.270 e. The van der Waals surface area contributed by atoms with Gasteiger partial charge >= 0.3 is 8.25 Å². The first-order valence-electron chi connectivity index (χ1n) is 4.02. The molecule has 0 saturated carbocycles. The summed E-state index contributed by atoms with van der Waals surface area (Å²) in [4.78, 5) is 14.4. The minimum absolute atomic E-state index is 0.190. The van der Waals surface area contributed by atoms with Gasteiger partial charge in [0.25, 0.3) is 10.1 Å². The standard InChI is InChI=1S/C8H10O3S.HO3P/c1-7-3-5-8(6-4-7)12(9,10)11-2;1-4(2)3/h3-6H,1-2H3;(H-,1,2,3)/p+1. The molecule has 0 atom stereocenters. The van der Waals surface area contributed by atoms with Crippen LogP contribution in [0.2, 0.25) is 0 Å². The van der Waals surface area contributed by atoms with Crippen molar-refractivity contribution in [2.24, 2.45) is 0 Å². The molecular weight excluding hydrogens is 255 g/mol. The lowest BCUT2D eigenvalue weighted by Gasteiger charge is -2.00. The van der Waals surface area contributed by atoms with E-state index in [0.717, 1.165) is 12.7 Å². The highest BCUT2D eigenvalue weighted by Gasteiger charge is 2.10. The van der Waals surface area contributed by atoms with Gasteiger partial charge in [-0.05, 0) is 19.1 Å². The van der Waals surface area contributed by atoms with E-state index in [1.54, 1.807) is 12.1 Å². The van der Waals surface area contributed by atoms with Crippen LogP contribution in [0.5, 0.6) is 0 Å².